The fraction of sp³-hybridized carbons (Fsp3) is 0.929. The fourth-order valence-corrected chi connectivity index (χ4v) is 3.26. The van der Waals surface area contributed by atoms with E-state index in [1.165, 1.54) is 7.11 Å². The van der Waals surface area contributed by atoms with Crippen molar-refractivity contribution in [2.75, 3.05) is 13.7 Å². The molecule has 0 spiro atoms. The van der Waals surface area contributed by atoms with Crippen LogP contribution in [0.4, 0.5) is 0 Å². The Morgan fingerprint density at radius 1 is 1.47 bits per heavy atom. The monoisotopic (exact) mass is 318 g/mol. The molecule has 0 amide bonds. The van der Waals surface area contributed by atoms with E-state index in [0.29, 0.717) is 24.8 Å². The van der Waals surface area contributed by atoms with Crippen molar-refractivity contribution in [3.63, 3.8) is 0 Å². The summed E-state index contributed by atoms with van der Waals surface area (Å²) in [6.07, 6.45) is 2.63. The lowest BCUT2D eigenvalue weighted by Gasteiger charge is -2.53. The molecular weight excluding hydrogens is 214 g/mol. The molecule has 3 atom stereocenters. The van der Waals surface area contributed by atoms with Crippen LogP contribution in [-0.2, 0) is 9.53 Å². The highest BCUT2D eigenvalue weighted by molar-refractivity contribution is 5.70. The number of carbonyl (C=O) groups excluding carboxylic acids is 1. The number of rotatable bonds is 3. The van der Waals surface area contributed by atoms with Gasteiger partial charge in [0.25, 0.3) is 0 Å². The Labute approximate surface area is 162 Å². The van der Waals surface area contributed by atoms with Gasteiger partial charge in [-0.25, -0.2) is 0 Å². The summed E-state index contributed by atoms with van der Waals surface area (Å²) in [5.41, 5.74) is 6.14. The fourth-order valence-electron chi connectivity index (χ4n) is 3.26. The number of carbonyl (C=O) groups is 1. The van der Waals surface area contributed by atoms with Crippen LogP contribution in [0.5, 0.6) is 0 Å². The first-order chi connectivity index (χ1) is 7.80. The summed E-state index contributed by atoms with van der Waals surface area (Å²) in [5.74, 6) is 0.977. The van der Waals surface area contributed by atoms with Crippen LogP contribution in [0.15, 0.2) is 0 Å². The molecule has 0 aromatic carbocycles. The zero-order chi connectivity index (χ0) is 13.3. The van der Waals surface area contributed by atoms with Gasteiger partial charge in [0.15, 0.2) is 0 Å². The third kappa shape index (κ3) is 2.49. The topological polar surface area (TPSA) is 52.3 Å². The Kier molecular flexibility index (Phi) is 4.23. The first-order valence-electron chi connectivity index (χ1n) is 6.57. The predicted octanol–water partition coefficient (Wildman–Crippen LogP) is 11.9. The molecule has 0 heterocycles. The molecule has 0 aromatic rings. The Morgan fingerprint density at radius 2 is 2.06 bits per heavy atom. The number of esters is 1. The van der Waals surface area contributed by atoms with Crippen molar-refractivity contribution in [2.45, 2.75) is 47.0 Å². The number of methoxy groups -OCH3 is 1. The molecule has 2 N–H and O–H groups in total. The molecule has 3 unspecified atom stereocenters. The van der Waals surface area contributed by atoms with Crippen LogP contribution >= 0.6 is 0 Å². The summed E-state index contributed by atoms with van der Waals surface area (Å²) in [4.78, 5) is 11.6. The highest BCUT2D eigenvalue weighted by Crippen LogP contribution is 2.54. The van der Waals surface area contributed by atoms with E-state index in [1.54, 1.807) is 0 Å². The third-order valence-electron chi connectivity index (χ3n) is 5.51. The van der Waals surface area contributed by atoms with Gasteiger partial charge < -0.3 is 10.5 Å². The summed E-state index contributed by atoms with van der Waals surface area (Å²) >= 11 is 0. The van der Waals surface area contributed by atoms with Crippen LogP contribution in [0.25, 0.3) is 0 Å². The molecule has 3 heteroatoms. The van der Waals surface area contributed by atoms with E-state index >= 15 is 0 Å². The Hall–Kier alpha value is -0.570. The summed E-state index contributed by atoms with van der Waals surface area (Å²) in [6.45, 7) is 9.70. The molecule has 1 fully saturated rings. The number of hydrogen-bond acceptors (Lipinski definition) is 3. The first-order valence-corrected chi connectivity index (χ1v) is 6.57. The van der Waals surface area contributed by atoms with Crippen molar-refractivity contribution >= 4 is 5.97 Å². The lowest BCUT2D eigenvalue weighted by molar-refractivity contribution is -0.147. The molecule has 0 aromatic heterocycles. The summed E-state index contributed by atoms with van der Waals surface area (Å²) in [6, 6.07) is 0. The van der Waals surface area contributed by atoms with E-state index < -0.39 is 0 Å². The molecule has 0 bridgehead atoms. The second-order valence-corrected chi connectivity index (χ2v) is 6.30. The van der Waals surface area contributed by atoms with Crippen molar-refractivity contribution < 1.29 is 63.7 Å². The van der Waals surface area contributed by atoms with Gasteiger partial charge in [-0.05, 0) is 42.1 Å². The average molecular weight is 318 g/mol. The molecule has 1 rings (SSSR count). The van der Waals surface area contributed by atoms with E-state index in [0.717, 1.165) is 12.8 Å². The Balaban J connectivity index is -0.00000000211. The third-order valence-corrected chi connectivity index (χ3v) is 5.51. The number of hydrogen-bond donors (Lipinski definition) is 1. The molecule has 0 aliphatic heterocycles. The van der Waals surface area contributed by atoms with Crippen LogP contribution in [-0.4, -0.2) is 19.6 Å². The normalized spacial score (nSPS) is 36.6. The van der Waals surface area contributed by atoms with E-state index in [4.69, 9.17) is 10.5 Å². The maximum absolute atomic E-state index is 11.6. The van der Waals surface area contributed by atoms with Crippen molar-refractivity contribution in [3.8, 4) is 0 Å². The highest BCUT2D eigenvalue weighted by Gasteiger charge is 2.50. The standard InChI is InChI=1S/C14H27NO2.38H2/c1-10-6-7-14(9-15,8-12(16)17-5)11(2)13(10,3)4;;;;;;;;;;;;;;;;;;;;;;;;;;;;;;;;;;;;;;/h10-11H,6-9,15H2,1-5H3;38*1H. The average Bonchev–Trinajstić information content (AvgIpc) is 2.31. The molecule has 0 radical (unpaired) electrons. The molecule has 0 saturated heterocycles. The largest absolute Gasteiger partial charge is 0.469 e. The quantitative estimate of drug-likeness (QED) is 0.526. The van der Waals surface area contributed by atoms with E-state index in [9.17, 15) is 4.79 Å². The van der Waals surface area contributed by atoms with Gasteiger partial charge in [-0.3, -0.25) is 4.79 Å². The maximum Gasteiger partial charge on any atom is 0.306 e. The van der Waals surface area contributed by atoms with Crippen molar-refractivity contribution in [1.82, 2.24) is 0 Å². The second kappa shape index (κ2) is 4.97. The maximum atomic E-state index is 11.6. The van der Waals surface area contributed by atoms with Crippen LogP contribution < -0.4 is 5.73 Å². The summed E-state index contributed by atoms with van der Waals surface area (Å²) in [7, 11) is 1.45. The minimum atomic E-state index is -0.132. The van der Waals surface area contributed by atoms with Gasteiger partial charge in [-0.2, -0.15) is 0 Å². The number of nitrogens with two attached hydrogens (primary N) is 1. The Morgan fingerprint density at radius 3 is 2.53 bits per heavy atom. The van der Waals surface area contributed by atoms with Gasteiger partial charge in [0.2, 0.25) is 0 Å². The molecule has 17 heavy (non-hydrogen) atoms. The van der Waals surface area contributed by atoms with E-state index in [2.05, 4.69) is 27.7 Å². The van der Waals surface area contributed by atoms with Crippen LogP contribution in [0.2, 0.25) is 0 Å². The van der Waals surface area contributed by atoms with Crippen molar-refractivity contribution in [1.29, 1.82) is 0 Å². The smallest absolute Gasteiger partial charge is 0.306 e. The number of ether oxygens (including phenoxy) is 1. The van der Waals surface area contributed by atoms with Gasteiger partial charge in [0, 0.05) is 54.2 Å². The van der Waals surface area contributed by atoms with Gasteiger partial charge in [0.05, 0.1) is 13.5 Å². The SMILES string of the molecule is COC(=O)CC1(CN)CCC(C)C(C)(C)C1C.[HH].[HH].[HH].[HH].[HH].[HH].[HH].[HH].[HH].[HH].[HH].[HH].[HH].[HH].[HH].[HH].[HH].[HH].[HH].[HH].[HH].[HH].[HH].[HH].[HH].[HH].[HH].[HH].[HH].[HH].[HH].[HH].[HH].[HH].[HH].[HH].[HH].[HH]. The van der Waals surface area contributed by atoms with Crippen molar-refractivity contribution in [3.05, 3.63) is 0 Å². The molecular formula is C14H103NO2. The molecule has 1 aliphatic rings. The van der Waals surface area contributed by atoms with Crippen molar-refractivity contribution in [2.24, 2.45) is 28.4 Å². The van der Waals surface area contributed by atoms with Crippen LogP contribution in [0.3, 0.4) is 0 Å². The molecule has 1 aliphatic carbocycles. The zero-order valence-corrected chi connectivity index (χ0v) is 11.9. The second-order valence-electron chi connectivity index (χ2n) is 6.30. The molecule has 1 saturated carbocycles. The summed E-state index contributed by atoms with van der Waals surface area (Å²) < 4.78 is 4.83. The minimum absolute atomic E-state index is 0. The minimum Gasteiger partial charge on any atom is -0.469 e. The van der Waals surface area contributed by atoms with E-state index in [-0.39, 0.29) is 71.0 Å². The predicted molar refractivity (Wildman–Crippen MR) is 150 cm³/mol. The van der Waals surface area contributed by atoms with Gasteiger partial charge >= 0.3 is 5.97 Å². The lowest BCUT2D eigenvalue weighted by atomic mass is 9.52. The Bertz CT molecular complexity index is 337. The lowest BCUT2D eigenvalue weighted by Crippen LogP contribution is -2.51. The van der Waals surface area contributed by atoms with Gasteiger partial charge in [-0.1, -0.05) is 27.7 Å². The molecule has 3 nitrogen and oxygen atoms in total. The molecule has 176 valence electrons. The van der Waals surface area contributed by atoms with Gasteiger partial charge in [-0.15, -0.1) is 0 Å². The first kappa shape index (κ1) is 14.5. The van der Waals surface area contributed by atoms with Crippen LogP contribution in [0.1, 0.15) is 101 Å². The van der Waals surface area contributed by atoms with E-state index in [1.807, 2.05) is 0 Å². The van der Waals surface area contributed by atoms with Crippen LogP contribution in [0, 0.1) is 22.7 Å². The highest BCUT2D eigenvalue weighted by atomic mass is 16.5. The van der Waals surface area contributed by atoms with Gasteiger partial charge in [0.1, 0.15) is 0 Å². The summed E-state index contributed by atoms with van der Waals surface area (Å²) in [5, 5.41) is 0. The zero-order valence-electron chi connectivity index (χ0n) is 11.9.